The van der Waals surface area contributed by atoms with Gasteiger partial charge >= 0.3 is 6.01 Å². The first kappa shape index (κ1) is 15.8. The van der Waals surface area contributed by atoms with E-state index < -0.39 is 0 Å². The first-order chi connectivity index (χ1) is 10.2. The standard InChI is InChI=1S/C14H20ClN3O3/c1-20-14-16-8-4-12(17-14)21-11-5-9-18(10-6-11)13(19)3-2-7-15/h4,8,11H,2-3,5-7,9-10H2,1H3. The molecule has 1 aliphatic heterocycles. The van der Waals surface area contributed by atoms with Crippen molar-refractivity contribution in [3.8, 4) is 11.9 Å². The van der Waals surface area contributed by atoms with E-state index in [4.69, 9.17) is 21.1 Å². The lowest BCUT2D eigenvalue weighted by molar-refractivity contribution is -0.133. The summed E-state index contributed by atoms with van der Waals surface area (Å²) in [4.78, 5) is 21.8. The molecule has 0 radical (unpaired) electrons. The van der Waals surface area contributed by atoms with Crippen LogP contribution in [0.25, 0.3) is 0 Å². The summed E-state index contributed by atoms with van der Waals surface area (Å²) in [6, 6.07) is 2.00. The van der Waals surface area contributed by atoms with Crippen LogP contribution in [0, 0.1) is 0 Å². The van der Waals surface area contributed by atoms with Crippen molar-refractivity contribution in [2.75, 3.05) is 26.1 Å². The lowest BCUT2D eigenvalue weighted by Crippen LogP contribution is -2.41. The van der Waals surface area contributed by atoms with Crippen molar-refractivity contribution >= 4 is 17.5 Å². The maximum absolute atomic E-state index is 11.9. The van der Waals surface area contributed by atoms with Crippen molar-refractivity contribution in [3.05, 3.63) is 12.3 Å². The smallest absolute Gasteiger partial charge is 0.319 e. The Morgan fingerprint density at radius 3 is 2.90 bits per heavy atom. The highest BCUT2D eigenvalue weighted by Gasteiger charge is 2.23. The van der Waals surface area contributed by atoms with Crippen molar-refractivity contribution in [3.63, 3.8) is 0 Å². The fraction of sp³-hybridized carbons (Fsp3) is 0.643. The second kappa shape index (κ2) is 8.02. The molecule has 0 N–H and O–H groups in total. The molecule has 1 amide bonds. The average molecular weight is 314 g/mol. The third kappa shape index (κ3) is 4.74. The molecule has 116 valence electrons. The molecule has 0 bridgehead atoms. The number of alkyl halides is 1. The van der Waals surface area contributed by atoms with E-state index in [1.54, 1.807) is 12.3 Å². The Bertz CT molecular complexity index is 465. The van der Waals surface area contributed by atoms with Gasteiger partial charge in [0.25, 0.3) is 0 Å². The first-order valence-electron chi connectivity index (χ1n) is 7.10. The minimum absolute atomic E-state index is 0.0710. The van der Waals surface area contributed by atoms with E-state index in [-0.39, 0.29) is 12.0 Å². The highest BCUT2D eigenvalue weighted by Crippen LogP contribution is 2.19. The number of ether oxygens (including phenoxy) is 2. The van der Waals surface area contributed by atoms with Gasteiger partial charge in [0, 0.05) is 50.5 Å². The highest BCUT2D eigenvalue weighted by molar-refractivity contribution is 6.17. The molecule has 1 saturated heterocycles. The van der Waals surface area contributed by atoms with Crippen LogP contribution in [0.1, 0.15) is 25.7 Å². The zero-order valence-corrected chi connectivity index (χ0v) is 12.9. The highest BCUT2D eigenvalue weighted by atomic mass is 35.5. The van der Waals surface area contributed by atoms with Gasteiger partial charge in [0.05, 0.1) is 7.11 Å². The Hall–Kier alpha value is -1.56. The van der Waals surface area contributed by atoms with Gasteiger partial charge in [0.15, 0.2) is 0 Å². The number of likely N-dealkylation sites (tertiary alicyclic amines) is 1. The summed E-state index contributed by atoms with van der Waals surface area (Å²) in [5.74, 6) is 1.22. The normalized spacial score (nSPS) is 15.8. The number of carbonyl (C=O) groups is 1. The van der Waals surface area contributed by atoms with Crippen LogP contribution in [0.15, 0.2) is 12.3 Å². The van der Waals surface area contributed by atoms with Crippen molar-refractivity contribution in [2.24, 2.45) is 0 Å². The van der Waals surface area contributed by atoms with Crippen LogP contribution in [0.3, 0.4) is 0 Å². The van der Waals surface area contributed by atoms with Gasteiger partial charge in [-0.05, 0) is 6.42 Å². The summed E-state index contributed by atoms with van der Waals surface area (Å²) in [7, 11) is 1.52. The van der Waals surface area contributed by atoms with Gasteiger partial charge in [-0.3, -0.25) is 4.79 Å². The summed E-state index contributed by atoms with van der Waals surface area (Å²) in [6.45, 7) is 1.43. The van der Waals surface area contributed by atoms with E-state index in [9.17, 15) is 4.79 Å². The first-order valence-corrected chi connectivity index (χ1v) is 7.64. The zero-order valence-electron chi connectivity index (χ0n) is 12.1. The van der Waals surface area contributed by atoms with Crippen LogP contribution < -0.4 is 9.47 Å². The predicted molar refractivity (Wildman–Crippen MR) is 78.8 cm³/mol. The van der Waals surface area contributed by atoms with Gasteiger partial charge in [-0.25, -0.2) is 4.98 Å². The third-order valence-corrected chi connectivity index (χ3v) is 3.66. The van der Waals surface area contributed by atoms with Crippen molar-refractivity contribution in [1.29, 1.82) is 0 Å². The summed E-state index contributed by atoms with van der Waals surface area (Å²) < 4.78 is 10.8. The summed E-state index contributed by atoms with van der Waals surface area (Å²) in [5.41, 5.74) is 0. The van der Waals surface area contributed by atoms with Crippen molar-refractivity contribution < 1.29 is 14.3 Å². The number of rotatable bonds is 6. The molecule has 0 aliphatic carbocycles. The summed E-state index contributed by atoms with van der Waals surface area (Å²) in [6.07, 6.45) is 4.54. The van der Waals surface area contributed by atoms with Gasteiger partial charge in [0.1, 0.15) is 6.10 Å². The van der Waals surface area contributed by atoms with E-state index in [1.807, 2.05) is 4.90 Å². The number of nitrogens with zero attached hydrogens (tertiary/aromatic N) is 3. The van der Waals surface area contributed by atoms with E-state index in [2.05, 4.69) is 9.97 Å². The Morgan fingerprint density at radius 2 is 2.24 bits per heavy atom. The molecule has 0 saturated carbocycles. The molecule has 1 fully saturated rings. The maximum atomic E-state index is 11.9. The maximum Gasteiger partial charge on any atom is 0.319 e. The van der Waals surface area contributed by atoms with Gasteiger partial charge in [-0.15, -0.1) is 11.6 Å². The number of hydrogen-bond donors (Lipinski definition) is 0. The van der Waals surface area contributed by atoms with Crippen molar-refractivity contribution in [1.82, 2.24) is 14.9 Å². The molecule has 0 atom stereocenters. The Kier molecular flexibility index (Phi) is 6.04. The lowest BCUT2D eigenvalue weighted by Gasteiger charge is -2.32. The molecule has 1 aromatic rings. The Morgan fingerprint density at radius 1 is 1.48 bits per heavy atom. The van der Waals surface area contributed by atoms with Gasteiger partial charge in [-0.1, -0.05) is 0 Å². The average Bonchev–Trinajstić information content (AvgIpc) is 2.53. The molecule has 1 aliphatic rings. The number of methoxy groups -OCH3 is 1. The summed E-state index contributed by atoms with van der Waals surface area (Å²) >= 11 is 5.61. The van der Waals surface area contributed by atoms with Crippen LogP contribution in [0.2, 0.25) is 0 Å². The molecule has 0 aromatic carbocycles. The molecule has 1 aromatic heterocycles. The summed E-state index contributed by atoms with van der Waals surface area (Å²) in [5, 5.41) is 0. The van der Waals surface area contributed by atoms with E-state index in [0.717, 1.165) is 19.3 Å². The number of halogens is 1. The molecule has 2 rings (SSSR count). The van der Waals surface area contributed by atoms with Crippen LogP contribution in [-0.2, 0) is 4.79 Å². The molecule has 21 heavy (non-hydrogen) atoms. The Labute approximate surface area is 129 Å². The number of amides is 1. The largest absolute Gasteiger partial charge is 0.474 e. The van der Waals surface area contributed by atoms with Crippen LogP contribution >= 0.6 is 11.6 Å². The van der Waals surface area contributed by atoms with E-state index in [1.165, 1.54) is 7.11 Å². The molecular formula is C14H20ClN3O3. The van der Waals surface area contributed by atoms with Gasteiger partial charge < -0.3 is 14.4 Å². The zero-order chi connectivity index (χ0) is 15.1. The predicted octanol–water partition coefficient (Wildman–Crippen LogP) is 1.87. The monoisotopic (exact) mass is 313 g/mol. The lowest BCUT2D eigenvalue weighted by atomic mass is 10.1. The molecule has 2 heterocycles. The molecule has 6 nitrogen and oxygen atoms in total. The number of piperidine rings is 1. The molecule has 0 unspecified atom stereocenters. The van der Waals surface area contributed by atoms with Crippen LogP contribution in [0.4, 0.5) is 0 Å². The van der Waals surface area contributed by atoms with E-state index >= 15 is 0 Å². The van der Waals surface area contributed by atoms with Crippen LogP contribution in [0.5, 0.6) is 11.9 Å². The quantitative estimate of drug-likeness (QED) is 0.750. The van der Waals surface area contributed by atoms with Gasteiger partial charge in [-0.2, -0.15) is 4.98 Å². The Balaban J connectivity index is 1.79. The third-order valence-electron chi connectivity index (χ3n) is 3.40. The fourth-order valence-electron chi connectivity index (χ4n) is 2.26. The van der Waals surface area contributed by atoms with Gasteiger partial charge in [0.2, 0.25) is 11.8 Å². The number of carbonyl (C=O) groups excluding carboxylic acids is 1. The molecule has 0 spiro atoms. The van der Waals surface area contributed by atoms with E-state index in [0.29, 0.717) is 37.3 Å². The SMILES string of the molecule is COc1nccc(OC2CCN(C(=O)CCCCl)CC2)n1. The second-order valence-corrected chi connectivity index (χ2v) is 5.25. The number of hydrogen-bond acceptors (Lipinski definition) is 5. The fourth-order valence-corrected chi connectivity index (χ4v) is 2.39. The second-order valence-electron chi connectivity index (χ2n) is 4.87. The minimum Gasteiger partial charge on any atom is -0.474 e. The molecule has 7 heteroatoms. The van der Waals surface area contributed by atoms with Crippen LogP contribution in [-0.4, -0.2) is 53.0 Å². The topological polar surface area (TPSA) is 64.6 Å². The minimum atomic E-state index is 0.0710. The number of aromatic nitrogens is 2. The van der Waals surface area contributed by atoms with Crippen molar-refractivity contribution in [2.45, 2.75) is 31.8 Å². The molecular weight excluding hydrogens is 294 g/mol.